The highest BCUT2D eigenvalue weighted by atomic mass is 35.5. The fourth-order valence-electron chi connectivity index (χ4n) is 1.23. The van der Waals surface area contributed by atoms with Gasteiger partial charge in [0.15, 0.2) is 4.90 Å². The van der Waals surface area contributed by atoms with Crippen LogP contribution in [0.25, 0.3) is 0 Å². The number of aromatic nitrogens is 3. The topological polar surface area (TPSA) is 125 Å². The molecule has 2 aromatic rings. The van der Waals surface area contributed by atoms with Gasteiger partial charge in [0.2, 0.25) is 0 Å². The molecule has 0 saturated heterocycles. The maximum atomic E-state index is 11.9. The summed E-state index contributed by atoms with van der Waals surface area (Å²) in [6, 6.07) is 2.77. The Labute approximate surface area is 111 Å². The lowest BCUT2D eigenvalue weighted by Crippen LogP contribution is -2.29. The molecule has 0 unspecified atom stereocenters. The number of pyridine rings is 1. The number of nitrogens with one attached hydrogen (secondary N) is 3. The van der Waals surface area contributed by atoms with Gasteiger partial charge in [0.05, 0.1) is 5.02 Å². The van der Waals surface area contributed by atoms with Crippen molar-refractivity contribution < 1.29 is 8.42 Å². The summed E-state index contributed by atoms with van der Waals surface area (Å²) in [7, 11) is -4.14. The van der Waals surface area contributed by atoms with Crippen LogP contribution < -0.4 is 16.0 Å². The van der Waals surface area contributed by atoms with E-state index in [0.717, 1.165) is 6.20 Å². The summed E-state index contributed by atoms with van der Waals surface area (Å²) in [4.78, 5) is 29.2. The third kappa shape index (κ3) is 3.01. The molecule has 0 atom stereocenters. The summed E-state index contributed by atoms with van der Waals surface area (Å²) in [6.07, 6.45) is 2.05. The largest absolute Gasteiger partial charge is 0.325 e. The normalized spacial score (nSPS) is 11.2. The van der Waals surface area contributed by atoms with Crippen molar-refractivity contribution >= 4 is 27.4 Å². The molecule has 2 heterocycles. The molecule has 8 nitrogen and oxygen atoms in total. The Kier molecular flexibility index (Phi) is 3.40. The zero-order valence-corrected chi connectivity index (χ0v) is 10.7. The SMILES string of the molecule is O=c1[nH]cc(S(=O)(=O)Nc2ccc(Cl)cn2)c(=O)[nH]1. The third-order valence-electron chi connectivity index (χ3n) is 2.04. The van der Waals surface area contributed by atoms with Gasteiger partial charge in [0.25, 0.3) is 15.6 Å². The number of hydrogen-bond donors (Lipinski definition) is 3. The number of anilines is 1. The van der Waals surface area contributed by atoms with E-state index in [1.54, 1.807) is 0 Å². The predicted octanol–water partition coefficient (Wildman–Crippen LogP) is -0.0876. The van der Waals surface area contributed by atoms with Crippen LogP contribution in [0.1, 0.15) is 0 Å². The van der Waals surface area contributed by atoms with E-state index >= 15 is 0 Å². The van der Waals surface area contributed by atoms with E-state index < -0.39 is 26.2 Å². The zero-order chi connectivity index (χ0) is 14.0. The molecule has 100 valence electrons. The van der Waals surface area contributed by atoms with Crippen molar-refractivity contribution in [3.05, 3.63) is 50.4 Å². The van der Waals surface area contributed by atoms with Gasteiger partial charge in [-0.1, -0.05) is 11.6 Å². The van der Waals surface area contributed by atoms with Crippen molar-refractivity contribution in [2.45, 2.75) is 4.90 Å². The molecule has 0 amide bonds. The number of hydrogen-bond acceptors (Lipinski definition) is 5. The number of halogens is 1. The molecule has 0 spiro atoms. The van der Waals surface area contributed by atoms with Crippen molar-refractivity contribution in [1.82, 2.24) is 15.0 Å². The van der Waals surface area contributed by atoms with E-state index in [4.69, 9.17) is 11.6 Å². The lowest BCUT2D eigenvalue weighted by molar-refractivity contribution is 0.599. The van der Waals surface area contributed by atoms with E-state index in [2.05, 4.69) is 14.7 Å². The summed E-state index contributed by atoms with van der Waals surface area (Å²) in [5.74, 6) is -0.00463. The van der Waals surface area contributed by atoms with Gasteiger partial charge < -0.3 is 4.98 Å². The average molecular weight is 303 g/mol. The van der Waals surface area contributed by atoms with Gasteiger partial charge in [-0.25, -0.2) is 18.2 Å². The number of H-pyrrole nitrogens is 2. The highest BCUT2D eigenvalue weighted by molar-refractivity contribution is 7.92. The molecule has 0 fully saturated rings. The summed E-state index contributed by atoms with van der Waals surface area (Å²) >= 11 is 5.61. The average Bonchev–Trinajstić information content (AvgIpc) is 2.31. The van der Waals surface area contributed by atoms with Crippen LogP contribution in [0.4, 0.5) is 5.82 Å². The first-order chi connectivity index (χ1) is 8.88. The van der Waals surface area contributed by atoms with Crippen LogP contribution in [0.15, 0.2) is 39.0 Å². The molecule has 0 aliphatic rings. The monoisotopic (exact) mass is 302 g/mol. The van der Waals surface area contributed by atoms with E-state index in [-0.39, 0.29) is 5.82 Å². The second kappa shape index (κ2) is 4.86. The first kappa shape index (κ1) is 13.3. The number of nitrogens with zero attached hydrogens (tertiary/aromatic N) is 1. The Morgan fingerprint density at radius 1 is 1.26 bits per heavy atom. The van der Waals surface area contributed by atoms with Crippen molar-refractivity contribution in [3.63, 3.8) is 0 Å². The number of sulfonamides is 1. The van der Waals surface area contributed by atoms with Crippen LogP contribution in [0.5, 0.6) is 0 Å². The molecule has 0 bridgehead atoms. The molecule has 0 aliphatic heterocycles. The molecule has 2 rings (SSSR count). The summed E-state index contributed by atoms with van der Waals surface area (Å²) < 4.78 is 25.9. The fourth-order valence-corrected chi connectivity index (χ4v) is 2.35. The summed E-state index contributed by atoms with van der Waals surface area (Å²) in [6.45, 7) is 0. The predicted molar refractivity (Wildman–Crippen MR) is 67.7 cm³/mol. The molecule has 19 heavy (non-hydrogen) atoms. The van der Waals surface area contributed by atoms with Crippen LogP contribution in [0.2, 0.25) is 5.02 Å². The smallest absolute Gasteiger partial charge is 0.313 e. The highest BCUT2D eigenvalue weighted by Crippen LogP contribution is 2.12. The van der Waals surface area contributed by atoms with Gasteiger partial charge >= 0.3 is 5.69 Å². The van der Waals surface area contributed by atoms with E-state index in [0.29, 0.717) is 5.02 Å². The lowest BCUT2D eigenvalue weighted by Gasteiger charge is -2.05. The number of aromatic amines is 2. The standard InChI is InChI=1S/C9H7ClN4O4S/c10-5-1-2-7(11-3-5)14-19(17,18)6-4-12-9(16)13-8(6)15/h1-4H,(H,11,14)(H2,12,13,15,16). The van der Waals surface area contributed by atoms with Gasteiger partial charge in [0, 0.05) is 12.4 Å². The highest BCUT2D eigenvalue weighted by Gasteiger charge is 2.19. The first-order valence-electron chi connectivity index (χ1n) is 4.85. The van der Waals surface area contributed by atoms with E-state index in [1.165, 1.54) is 18.3 Å². The fraction of sp³-hybridized carbons (Fsp3) is 0. The number of rotatable bonds is 3. The second-order valence-corrected chi connectivity index (χ2v) is 5.49. The minimum atomic E-state index is -4.14. The Hall–Kier alpha value is -2.13. The van der Waals surface area contributed by atoms with Crippen molar-refractivity contribution in [1.29, 1.82) is 0 Å². The Morgan fingerprint density at radius 3 is 2.58 bits per heavy atom. The Bertz CT molecular complexity index is 809. The molecule has 10 heteroatoms. The minimum absolute atomic E-state index is 0.00463. The van der Waals surface area contributed by atoms with Crippen molar-refractivity contribution in [2.24, 2.45) is 0 Å². The second-order valence-electron chi connectivity index (χ2n) is 3.40. The minimum Gasteiger partial charge on any atom is -0.313 e. The third-order valence-corrected chi connectivity index (χ3v) is 3.62. The van der Waals surface area contributed by atoms with Gasteiger partial charge in [-0.15, -0.1) is 0 Å². The molecule has 0 aromatic carbocycles. The van der Waals surface area contributed by atoms with Crippen LogP contribution >= 0.6 is 11.6 Å². The molecular weight excluding hydrogens is 296 g/mol. The molecule has 0 aliphatic carbocycles. The van der Waals surface area contributed by atoms with E-state index in [9.17, 15) is 18.0 Å². The molecule has 3 N–H and O–H groups in total. The van der Waals surface area contributed by atoms with Gasteiger partial charge in [0.1, 0.15) is 5.82 Å². The van der Waals surface area contributed by atoms with Crippen LogP contribution in [-0.2, 0) is 10.0 Å². The van der Waals surface area contributed by atoms with Gasteiger partial charge in [-0.05, 0) is 12.1 Å². The van der Waals surface area contributed by atoms with Gasteiger partial charge in [-0.3, -0.25) is 14.5 Å². The summed E-state index contributed by atoms with van der Waals surface area (Å²) in [5.41, 5.74) is -1.82. The Balaban J connectivity index is 2.40. The molecule has 0 saturated carbocycles. The quantitative estimate of drug-likeness (QED) is 0.731. The molecular formula is C9H7ClN4O4S. The van der Waals surface area contributed by atoms with Gasteiger partial charge in [-0.2, -0.15) is 0 Å². The van der Waals surface area contributed by atoms with Crippen LogP contribution in [0, 0.1) is 0 Å². The molecule has 2 aromatic heterocycles. The summed E-state index contributed by atoms with van der Waals surface area (Å²) in [5, 5.41) is 0.338. The first-order valence-corrected chi connectivity index (χ1v) is 6.71. The van der Waals surface area contributed by atoms with Crippen LogP contribution in [-0.4, -0.2) is 23.4 Å². The maximum absolute atomic E-state index is 11.9. The zero-order valence-electron chi connectivity index (χ0n) is 9.18. The Morgan fingerprint density at radius 2 is 2.00 bits per heavy atom. The molecule has 0 radical (unpaired) electrons. The lowest BCUT2D eigenvalue weighted by atomic mass is 10.5. The van der Waals surface area contributed by atoms with Crippen LogP contribution in [0.3, 0.4) is 0 Å². The van der Waals surface area contributed by atoms with Crippen molar-refractivity contribution in [3.8, 4) is 0 Å². The van der Waals surface area contributed by atoms with Crippen molar-refractivity contribution in [2.75, 3.05) is 4.72 Å². The maximum Gasteiger partial charge on any atom is 0.325 e. The van der Waals surface area contributed by atoms with E-state index in [1.807, 2.05) is 4.98 Å².